The Morgan fingerprint density at radius 3 is 1.76 bits per heavy atom. The highest BCUT2D eigenvalue weighted by Gasteiger charge is 2.59. The van der Waals surface area contributed by atoms with E-state index in [1.54, 1.807) is 0 Å². The van der Waals surface area contributed by atoms with Gasteiger partial charge in [0.1, 0.15) is 0 Å². The second kappa shape index (κ2) is 9.83. The first kappa shape index (κ1) is 23.8. The molecule has 0 radical (unpaired) electrons. The van der Waals surface area contributed by atoms with E-state index in [1.807, 2.05) is 0 Å². The van der Waals surface area contributed by atoms with Crippen molar-refractivity contribution in [2.75, 3.05) is 0 Å². The zero-order valence-corrected chi connectivity index (χ0v) is 15.2. The molecular weight excluding hydrogens is 394 g/mol. The van der Waals surface area contributed by atoms with Crippen LogP contribution in [0.4, 0.5) is 17.6 Å². The van der Waals surface area contributed by atoms with Crippen molar-refractivity contribution in [3.8, 4) is 0 Å². The van der Waals surface area contributed by atoms with Crippen molar-refractivity contribution in [1.82, 2.24) is 0 Å². The summed E-state index contributed by atoms with van der Waals surface area (Å²) in [7, 11) is 0. The van der Waals surface area contributed by atoms with Crippen LogP contribution < -0.4 is 5.73 Å². The highest BCUT2D eigenvalue weighted by molar-refractivity contribution is 5.89. The highest BCUT2D eigenvalue weighted by atomic mass is 19.3. The number of carbonyl (C=O) groups is 2. The van der Waals surface area contributed by atoms with E-state index in [-0.39, 0.29) is 5.56 Å². The maximum Gasteiger partial charge on any atom is 0.340 e. The van der Waals surface area contributed by atoms with Crippen molar-refractivity contribution >= 4 is 11.9 Å². The average molecular weight is 413 g/mol. The molecule has 0 saturated heterocycles. The highest BCUT2D eigenvalue weighted by Crippen LogP contribution is 2.50. The normalized spacial score (nSPS) is 12.8. The molecule has 0 aliphatic heterocycles. The molecule has 9 heteroatoms. The molecule has 5 nitrogen and oxygen atoms in total. The summed E-state index contributed by atoms with van der Waals surface area (Å²) < 4.78 is 57.4. The Balaban J connectivity index is 0.000000447. The molecule has 0 fully saturated rings. The summed E-state index contributed by atoms with van der Waals surface area (Å²) in [6, 6.07) is 10.4. The lowest BCUT2D eigenvalue weighted by atomic mass is 9.90. The molecule has 0 aliphatic carbocycles. The third-order valence-corrected chi connectivity index (χ3v) is 3.69. The summed E-state index contributed by atoms with van der Waals surface area (Å²) in [5, 5.41) is 15.6. The van der Waals surface area contributed by atoms with Crippen molar-refractivity contribution in [2.45, 2.75) is 24.8 Å². The number of nitrogens with two attached hydrogens (primary N) is 1. The Hall–Kier alpha value is -3.20. The smallest absolute Gasteiger partial charge is 0.340 e. The maximum atomic E-state index is 14.4. The Bertz CT molecular complexity index is 852. The molecule has 29 heavy (non-hydrogen) atoms. The largest absolute Gasteiger partial charge is 0.478 e. The van der Waals surface area contributed by atoms with Gasteiger partial charge >= 0.3 is 23.8 Å². The number of hydrogen-bond donors (Lipinski definition) is 3. The van der Waals surface area contributed by atoms with E-state index in [1.165, 1.54) is 43.3 Å². The van der Waals surface area contributed by atoms with E-state index in [9.17, 15) is 27.2 Å². The van der Waals surface area contributed by atoms with Crippen molar-refractivity contribution in [3.05, 3.63) is 83.4 Å². The summed E-state index contributed by atoms with van der Waals surface area (Å²) >= 11 is 0. The molecule has 1 atom stereocenters. The van der Waals surface area contributed by atoms with Crippen LogP contribution in [0, 0.1) is 0 Å². The standard InChI is InChI=1S/C16H15F4N.C4H4O4/c1-11(21)13-9-5-6-10-14(13)16(19,20)15(17,18)12-7-3-2-4-8-12;5-3(6)1-2-4(7)8/h2-11H,21H2,1H3;1-2H,(H,5,6)(H,7,8)/b;2-1-. The molecule has 2 rings (SSSR count). The van der Waals surface area contributed by atoms with Crippen molar-refractivity contribution in [2.24, 2.45) is 5.73 Å². The molecule has 0 saturated carbocycles. The third kappa shape index (κ3) is 6.15. The van der Waals surface area contributed by atoms with Gasteiger partial charge in [-0.25, -0.2) is 9.59 Å². The van der Waals surface area contributed by atoms with Gasteiger partial charge in [-0.2, -0.15) is 17.6 Å². The number of aliphatic carboxylic acids is 2. The average Bonchev–Trinajstić information content (AvgIpc) is 2.67. The molecule has 0 aliphatic rings. The topological polar surface area (TPSA) is 101 Å². The Labute approximate surface area is 164 Å². The fraction of sp³-hybridized carbons (Fsp3) is 0.200. The summed E-state index contributed by atoms with van der Waals surface area (Å²) in [5.74, 6) is -11.2. The minimum Gasteiger partial charge on any atom is -0.478 e. The van der Waals surface area contributed by atoms with Crippen LogP contribution in [-0.4, -0.2) is 22.2 Å². The van der Waals surface area contributed by atoms with Crippen LogP contribution in [0.15, 0.2) is 66.7 Å². The minimum atomic E-state index is -4.35. The van der Waals surface area contributed by atoms with Gasteiger partial charge in [-0.1, -0.05) is 54.6 Å². The zero-order valence-electron chi connectivity index (χ0n) is 15.2. The molecule has 4 N–H and O–H groups in total. The molecule has 0 aromatic heterocycles. The fourth-order valence-electron chi connectivity index (χ4n) is 2.32. The van der Waals surface area contributed by atoms with Crippen LogP contribution in [0.1, 0.15) is 29.7 Å². The van der Waals surface area contributed by atoms with Crippen LogP contribution in [0.3, 0.4) is 0 Å². The maximum absolute atomic E-state index is 14.4. The minimum absolute atomic E-state index is 0.0121. The van der Waals surface area contributed by atoms with E-state index in [2.05, 4.69) is 0 Å². The van der Waals surface area contributed by atoms with Gasteiger partial charge in [-0.15, -0.1) is 0 Å². The van der Waals surface area contributed by atoms with Gasteiger partial charge in [0.25, 0.3) is 0 Å². The molecular formula is C20H19F4NO4. The van der Waals surface area contributed by atoms with Gasteiger partial charge in [0.15, 0.2) is 0 Å². The van der Waals surface area contributed by atoms with Gasteiger partial charge in [-0.05, 0) is 12.5 Å². The van der Waals surface area contributed by atoms with Crippen molar-refractivity contribution in [1.29, 1.82) is 0 Å². The Kier molecular flexibility index (Phi) is 8.08. The van der Waals surface area contributed by atoms with Crippen molar-refractivity contribution < 1.29 is 37.4 Å². The lowest BCUT2D eigenvalue weighted by Gasteiger charge is -2.29. The van der Waals surface area contributed by atoms with Gasteiger partial charge < -0.3 is 15.9 Å². The molecule has 1 unspecified atom stereocenters. The van der Waals surface area contributed by atoms with Gasteiger partial charge in [0, 0.05) is 29.3 Å². The van der Waals surface area contributed by atoms with Gasteiger partial charge in [-0.3, -0.25) is 0 Å². The Morgan fingerprint density at radius 1 is 0.862 bits per heavy atom. The molecule has 2 aromatic carbocycles. The van der Waals surface area contributed by atoms with Gasteiger partial charge in [0.2, 0.25) is 0 Å². The summed E-state index contributed by atoms with van der Waals surface area (Å²) in [6.45, 7) is 1.48. The van der Waals surface area contributed by atoms with E-state index in [0.717, 1.165) is 18.2 Å². The number of carboxylic acid groups (broad SMARTS) is 2. The number of rotatable bonds is 6. The summed E-state index contributed by atoms with van der Waals surface area (Å²) in [6.07, 6.45) is 1.12. The van der Waals surface area contributed by atoms with Crippen LogP contribution in [-0.2, 0) is 21.4 Å². The number of carboxylic acids is 2. The molecule has 0 amide bonds. The molecule has 2 aromatic rings. The van der Waals surface area contributed by atoms with Crippen molar-refractivity contribution in [3.63, 3.8) is 0 Å². The number of alkyl halides is 4. The molecule has 0 spiro atoms. The van der Waals surface area contributed by atoms with E-state index >= 15 is 0 Å². The predicted octanol–water partition coefficient (Wildman–Crippen LogP) is 4.30. The lowest BCUT2D eigenvalue weighted by Crippen LogP contribution is -2.37. The molecule has 0 heterocycles. The quantitative estimate of drug-likeness (QED) is 0.484. The summed E-state index contributed by atoms with van der Waals surface area (Å²) in [4.78, 5) is 19.1. The lowest BCUT2D eigenvalue weighted by molar-refractivity contribution is -0.224. The SMILES string of the molecule is CC(N)c1ccccc1C(F)(F)C(F)(F)c1ccccc1.O=C(O)/C=C\C(=O)O. The third-order valence-electron chi connectivity index (χ3n) is 3.69. The van der Waals surface area contributed by atoms with Crippen LogP contribution in [0.2, 0.25) is 0 Å². The van der Waals surface area contributed by atoms with Gasteiger partial charge in [0.05, 0.1) is 0 Å². The monoisotopic (exact) mass is 413 g/mol. The zero-order chi connectivity index (χ0) is 22.2. The van der Waals surface area contributed by atoms with E-state index in [0.29, 0.717) is 12.2 Å². The first-order valence-electron chi connectivity index (χ1n) is 8.21. The molecule has 0 bridgehead atoms. The second-order valence-electron chi connectivity index (χ2n) is 5.90. The van der Waals surface area contributed by atoms with Crippen LogP contribution in [0.5, 0.6) is 0 Å². The van der Waals surface area contributed by atoms with Crippen LogP contribution in [0.25, 0.3) is 0 Å². The first-order chi connectivity index (χ1) is 13.4. The molecule has 156 valence electrons. The second-order valence-corrected chi connectivity index (χ2v) is 5.90. The first-order valence-corrected chi connectivity index (χ1v) is 8.21. The fourth-order valence-corrected chi connectivity index (χ4v) is 2.32. The predicted molar refractivity (Wildman–Crippen MR) is 97.7 cm³/mol. The van der Waals surface area contributed by atoms with E-state index < -0.39 is 41.0 Å². The van der Waals surface area contributed by atoms with Crippen LogP contribution >= 0.6 is 0 Å². The number of halogens is 4. The van der Waals surface area contributed by atoms with E-state index in [4.69, 9.17) is 15.9 Å². The number of benzene rings is 2. The number of hydrogen-bond acceptors (Lipinski definition) is 3. The Morgan fingerprint density at radius 2 is 1.31 bits per heavy atom. The summed E-state index contributed by atoms with van der Waals surface area (Å²) in [5.41, 5.74) is 4.16.